The van der Waals surface area contributed by atoms with Gasteiger partial charge in [0.25, 0.3) is 5.91 Å². The molecule has 4 nitrogen and oxygen atoms in total. The highest BCUT2D eigenvalue weighted by atomic mass is 32.2. The number of aryl methyl sites for hydroxylation is 1. The molecule has 1 N–H and O–H groups in total. The fraction of sp³-hybridized carbons (Fsp3) is 0.615. The van der Waals surface area contributed by atoms with Crippen LogP contribution in [0.1, 0.15) is 40.9 Å². The molecular weight excluding hydrogens is 282 g/mol. The van der Waals surface area contributed by atoms with Crippen molar-refractivity contribution in [2.45, 2.75) is 43.9 Å². The summed E-state index contributed by atoms with van der Waals surface area (Å²) in [6.07, 6.45) is 4.25. The second-order valence-electron chi connectivity index (χ2n) is 5.22. The Kier molecular flexibility index (Phi) is 4.30. The third-order valence-electron chi connectivity index (χ3n) is 3.64. The highest BCUT2D eigenvalue weighted by Crippen LogP contribution is 2.24. The van der Waals surface area contributed by atoms with Crippen LogP contribution in [-0.2, 0) is 9.84 Å². The summed E-state index contributed by atoms with van der Waals surface area (Å²) in [5, 5.41) is 4.56. The monoisotopic (exact) mass is 301 g/mol. The van der Waals surface area contributed by atoms with Crippen LogP contribution in [0.2, 0.25) is 0 Å². The van der Waals surface area contributed by atoms with Crippen molar-refractivity contribution < 1.29 is 13.2 Å². The van der Waals surface area contributed by atoms with Crippen molar-refractivity contribution in [3.8, 4) is 0 Å². The molecule has 1 aromatic rings. The van der Waals surface area contributed by atoms with Gasteiger partial charge in [-0.3, -0.25) is 4.79 Å². The van der Waals surface area contributed by atoms with Crippen LogP contribution in [-0.4, -0.2) is 31.9 Å². The van der Waals surface area contributed by atoms with Gasteiger partial charge in [-0.1, -0.05) is 6.42 Å². The Morgan fingerprint density at radius 3 is 2.74 bits per heavy atom. The van der Waals surface area contributed by atoms with E-state index in [1.807, 2.05) is 18.4 Å². The molecule has 1 aliphatic carbocycles. The van der Waals surface area contributed by atoms with E-state index in [-0.39, 0.29) is 17.2 Å². The van der Waals surface area contributed by atoms with Crippen molar-refractivity contribution in [3.05, 3.63) is 21.9 Å². The largest absolute Gasteiger partial charge is 0.349 e. The molecule has 0 radical (unpaired) electrons. The van der Waals surface area contributed by atoms with Crippen molar-refractivity contribution in [1.82, 2.24) is 5.32 Å². The number of nitrogens with one attached hydrogen (secondary N) is 1. The van der Waals surface area contributed by atoms with Gasteiger partial charge >= 0.3 is 0 Å². The molecule has 1 aliphatic rings. The average Bonchev–Trinajstić information content (AvgIpc) is 2.75. The minimum Gasteiger partial charge on any atom is -0.349 e. The van der Waals surface area contributed by atoms with Gasteiger partial charge in [0.2, 0.25) is 0 Å². The number of rotatable bonds is 3. The van der Waals surface area contributed by atoms with Crippen LogP contribution in [0.5, 0.6) is 0 Å². The minimum atomic E-state index is -3.01. The van der Waals surface area contributed by atoms with Gasteiger partial charge in [-0.25, -0.2) is 8.42 Å². The number of thiophene rings is 1. The summed E-state index contributed by atoms with van der Waals surface area (Å²) >= 11 is 1.42. The standard InChI is InChI=1S/C13H19NO3S2/c1-9-6-7-18-12(9)13(15)14-10-4-3-5-11(8-10)19(2,16)17/h6-7,10-11H,3-5,8H2,1-2H3,(H,14,15)/t10-,11-/m0/s1. The van der Waals surface area contributed by atoms with Gasteiger partial charge in [-0.2, -0.15) is 0 Å². The van der Waals surface area contributed by atoms with Gasteiger partial charge < -0.3 is 5.32 Å². The second kappa shape index (κ2) is 5.63. The number of amides is 1. The molecular formula is C13H19NO3S2. The van der Waals surface area contributed by atoms with Crippen LogP contribution in [0.25, 0.3) is 0 Å². The predicted octanol–water partition coefficient (Wildman–Crippen LogP) is 2.14. The van der Waals surface area contributed by atoms with E-state index in [9.17, 15) is 13.2 Å². The molecule has 0 saturated heterocycles. The molecule has 0 aliphatic heterocycles. The first kappa shape index (κ1) is 14.5. The molecule has 0 bridgehead atoms. The van der Waals surface area contributed by atoms with Gasteiger partial charge in [-0.15, -0.1) is 11.3 Å². The Morgan fingerprint density at radius 1 is 1.42 bits per heavy atom. The molecule has 0 aromatic carbocycles. The number of hydrogen-bond acceptors (Lipinski definition) is 4. The van der Waals surface area contributed by atoms with E-state index in [1.54, 1.807) is 0 Å². The van der Waals surface area contributed by atoms with Gasteiger partial charge in [0.05, 0.1) is 10.1 Å². The van der Waals surface area contributed by atoms with Gasteiger partial charge in [0, 0.05) is 12.3 Å². The van der Waals surface area contributed by atoms with Crippen molar-refractivity contribution in [1.29, 1.82) is 0 Å². The molecule has 6 heteroatoms. The van der Waals surface area contributed by atoms with Crippen molar-refractivity contribution in [3.63, 3.8) is 0 Å². The Hall–Kier alpha value is -0.880. The molecule has 2 rings (SSSR count). The van der Waals surface area contributed by atoms with Gasteiger partial charge in [0.15, 0.2) is 0 Å². The van der Waals surface area contributed by atoms with Crippen LogP contribution in [0.4, 0.5) is 0 Å². The van der Waals surface area contributed by atoms with Crippen LogP contribution >= 0.6 is 11.3 Å². The third-order valence-corrected chi connectivity index (χ3v) is 6.29. The van der Waals surface area contributed by atoms with Gasteiger partial charge in [0.1, 0.15) is 9.84 Å². The molecule has 2 atom stereocenters. The van der Waals surface area contributed by atoms with E-state index in [0.717, 1.165) is 23.3 Å². The van der Waals surface area contributed by atoms with E-state index in [4.69, 9.17) is 0 Å². The lowest BCUT2D eigenvalue weighted by Crippen LogP contribution is -2.41. The lowest BCUT2D eigenvalue weighted by molar-refractivity contribution is 0.0931. The normalized spacial score (nSPS) is 24.1. The topological polar surface area (TPSA) is 63.2 Å². The van der Waals surface area contributed by atoms with Crippen molar-refractivity contribution in [2.24, 2.45) is 0 Å². The molecule has 1 saturated carbocycles. The maximum Gasteiger partial charge on any atom is 0.261 e. The first-order chi connectivity index (χ1) is 8.88. The highest BCUT2D eigenvalue weighted by Gasteiger charge is 2.30. The molecule has 19 heavy (non-hydrogen) atoms. The minimum absolute atomic E-state index is 0.0255. The Morgan fingerprint density at radius 2 is 2.16 bits per heavy atom. The number of hydrogen-bond donors (Lipinski definition) is 1. The molecule has 1 amide bonds. The lowest BCUT2D eigenvalue weighted by Gasteiger charge is -2.28. The zero-order valence-electron chi connectivity index (χ0n) is 11.2. The lowest BCUT2D eigenvalue weighted by atomic mass is 9.95. The Bertz CT molecular complexity index is 562. The summed E-state index contributed by atoms with van der Waals surface area (Å²) in [6, 6.07) is 1.89. The second-order valence-corrected chi connectivity index (χ2v) is 8.46. The summed E-state index contributed by atoms with van der Waals surface area (Å²) in [6.45, 7) is 1.91. The van der Waals surface area contributed by atoms with Crippen LogP contribution in [0, 0.1) is 6.92 Å². The summed E-state index contributed by atoms with van der Waals surface area (Å²) < 4.78 is 23.2. The first-order valence-corrected chi connectivity index (χ1v) is 9.25. The van der Waals surface area contributed by atoms with E-state index in [0.29, 0.717) is 12.8 Å². The van der Waals surface area contributed by atoms with Crippen LogP contribution in [0.15, 0.2) is 11.4 Å². The van der Waals surface area contributed by atoms with E-state index >= 15 is 0 Å². The average molecular weight is 301 g/mol. The zero-order valence-corrected chi connectivity index (χ0v) is 12.8. The Balaban J connectivity index is 2.00. The smallest absolute Gasteiger partial charge is 0.261 e. The van der Waals surface area contributed by atoms with Crippen molar-refractivity contribution >= 4 is 27.1 Å². The molecule has 106 valence electrons. The quantitative estimate of drug-likeness (QED) is 0.930. The van der Waals surface area contributed by atoms with Crippen LogP contribution in [0.3, 0.4) is 0 Å². The highest BCUT2D eigenvalue weighted by molar-refractivity contribution is 7.91. The Labute approximate surface area is 118 Å². The fourth-order valence-corrected chi connectivity index (χ4v) is 4.53. The summed E-state index contributed by atoms with van der Waals surface area (Å²) in [7, 11) is -3.01. The summed E-state index contributed by atoms with van der Waals surface area (Å²) in [5.41, 5.74) is 0.970. The first-order valence-electron chi connectivity index (χ1n) is 6.41. The molecule has 0 unspecified atom stereocenters. The zero-order chi connectivity index (χ0) is 14.0. The summed E-state index contributed by atoms with van der Waals surface area (Å²) in [4.78, 5) is 12.8. The molecule has 1 fully saturated rings. The fourth-order valence-electron chi connectivity index (χ4n) is 2.52. The molecule has 0 spiro atoms. The van der Waals surface area contributed by atoms with E-state index < -0.39 is 9.84 Å². The molecule has 1 heterocycles. The number of carbonyl (C=O) groups is 1. The number of carbonyl (C=O) groups excluding carboxylic acids is 1. The van der Waals surface area contributed by atoms with E-state index in [1.165, 1.54) is 17.6 Å². The van der Waals surface area contributed by atoms with Crippen molar-refractivity contribution in [2.75, 3.05) is 6.26 Å². The predicted molar refractivity (Wildman–Crippen MR) is 77.4 cm³/mol. The van der Waals surface area contributed by atoms with Crippen LogP contribution < -0.4 is 5.32 Å². The number of sulfone groups is 1. The maximum absolute atomic E-state index is 12.1. The summed E-state index contributed by atoms with van der Waals surface area (Å²) in [5.74, 6) is -0.0772. The van der Waals surface area contributed by atoms with Gasteiger partial charge in [-0.05, 0) is 43.2 Å². The maximum atomic E-state index is 12.1. The SMILES string of the molecule is Cc1ccsc1C(=O)N[C@H]1CCC[C@H](S(C)(=O)=O)C1. The molecule has 1 aromatic heterocycles. The van der Waals surface area contributed by atoms with E-state index in [2.05, 4.69) is 5.32 Å². The third kappa shape index (κ3) is 3.57.